The molecule has 4 amide bonds. The number of hydrazine groups is 1. The number of piperidine rings is 1. The van der Waals surface area contributed by atoms with Crippen LogP contribution in [0.1, 0.15) is 12.8 Å². The summed E-state index contributed by atoms with van der Waals surface area (Å²) in [5, 5.41) is 3.64. The van der Waals surface area contributed by atoms with E-state index in [9.17, 15) is 22.8 Å². The Morgan fingerprint density at radius 3 is 2.57 bits per heavy atom. The highest BCUT2D eigenvalue weighted by Gasteiger charge is 2.63. The molecular formula is C14H21N5O8S. The second-order valence-electron chi connectivity index (χ2n) is 7.52. The van der Waals surface area contributed by atoms with Gasteiger partial charge in [0.05, 0.1) is 25.2 Å². The SMILES string of the molecule is O=C(NNC(=O)C1CC2(COC2)C2CN1C(=O)N2OS(=O)(=O)O)C1CCNC1. The average Bonchev–Trinajstić information content (AvgIpc) is 3.22. The second kappa shape index (κ2) is 6.81. The molecule has 0 radical (unpaired) electrons. The first-order valence-electron chi connectivity index (χ1n) is 8.85. The number of hydrogen-bond acceptors (Lipinski definition) is 8. The Hall–Kier alpha value is -2.00. The Bertz CT molecular complexity index is 794. The Balaban J connectivity index is 1.47. The highest BCUT2D eigenvalue weighted by Crippen LogP contribution is 2.47. The van der Waals surface area contributed by atoms with Crippen molar-refractivity contribution in [2.24, 2.45) is 11.3 Å². The van der Waals surface area contributed by atoms with Gasteiger partial charge in [0, 0.05) is 18.5 Å². The normalized spacial score (nSPS) is 31.0. The summed E-state index contributed by atoms with van der Waals surface area (Å²) in [6.45, 7) is 1.72. The first-order valence-corrected chi connectivity index (χ1v) is 10.2. The minimum Gasteiger partial charge on any atom is -0.380 e. The van der Waals surface area contributed by atoms with Crippen LogP contribution < -0.4 is 16.2 Å². The predicted molar refractivity (Wildman–Crippen MR) is 89.3 cm³/mol. The third kappa shape index (κ3) is 3.30. The summed E-state index contributed by atoms with van der Waals surface area (Å²) < 4.78 is 40.9. The highest BCUT2D eigenvalue weighted by atomic mass is 32.3. The summed E-state index contributed by atoms with van der Waals surface area (Å²) in [7, 11) is -4.91. The number of carbonyl (C=O) groups is 3. The number of nitrogens with one attached hydrogen (secondary N) is 3. The molecule has 2 bridgehead atoms. The summed E-state index contributed by atoms with van der Waals surface area (Å²) in [6.07, 6.45) is 0.876. The molecule has 0 aromatic heterocycles. The van der Waals surface area contributed by atoms with Gasteiger partial charge in [-0.3, -0.25) is 25.0 Å². The first-order chi connectivity index (χ1) is 13.2. The Kier molecular flexibility index (Phi) is 4.70. The minimum absolute atomic E-state index is 0.0380. The molecule has 4 aliphatic rings. The van der Waals surface area contributed by atoms with Crippen LogP contribution in [0.25, 0.3) is 0 Å². The van der Waals surface area contributed by atoms with Gasteiger partial charge in [0.2, 0.25) is 5.91 Å². The summed E-state index contributed by atoms with van der Waals surface area (Å²) in [5.41, 5.74) is 4.06. The summed E-state index contributed by atoms with van der Waals surface area (Å²) in [4.78, 5) is 38.5. The van der Waals surface area contributed by atoms with Gasteiger partial charge < -0.3 is 15.0 Å². The van der Waals surface area contributed by atoms with E-state index in [1.165, 1.54) is 0 Å². The van der Waals surface area contributed by atoms with E-state index >= 15 is 0 Å². The van der Waals surface area contributed by atoms with Gasteiger partial charge in [-0.25, -0.2) is 4.79 Å². The van der Waals surface area contributed by atoms with Crippen LogP contribution in [0, 0.1) is 11.3 Å². The standard InChI is InChI=1S/C14H21N5O8S/c20-11(8-1-2-15-4-8)16-17-12(21)9-3-14(6-26-7-14)10-5-18(9)13(22)19(10)27-28(23,24)25/h8-10,15H,1-7H2,(H,16,20)(H,17,21)(H,23,24,25). The van der Waals surface area contributed by atoms with E-state index in [-0.39, 0.29) is 38.0 Å². The summed E-state index contributed by atoms with van der Waals surface area (Å²) in [6, 6.07) is -2.47. The van der Waals surface area contributed by atoms with Gasteiger partial charge in [-0.2, -0.15) is 13.5 Å². The lowest BCUT2D eigenvalue weighted by Gasteiger charge is -2.50. The zero-order valence-electron chi connectivity index (χ0n) is 14.8. The minimum atomic E-state index is -4.91. The van der Waals surface area contributed by atoms with Crippen LogP contribution >= 0.6 is 0 Å². The van der Waals surface area contributed by atoms with E-state index < -0.39 is 39.8 Å². The van der Waals surface area contributed by atoms with E-state index in [4.69, 9.17) is 9.29 Å². The number of hydrogen-bond donors (Lipinski definition) is 4. The molecule has 3 unspecified atom stereocenters. The fraction of sp³-hybridized carbons (Fsp3) is 0.786. The quantitative estimate of drug-likeness (QED) is 0.282. The predicted octanol–water partition coefficient (Wildman–Crippen LogP) is -2.63. The second-order valence-corrected chi connectivity index (χ2v) is 8.53. The number of carbonyl (C=O) groups excluding carboxylic acids is 3. The molecule has 4 fully saturated rings. The Morgan fingerprint density at radius 2 is 2.00 bits per heavy atom. The third-order valence-corrected chi connectivity index (χ3v) is 6.12. The van der Waals surface area contributed by atoms with Crippen molar-refractivity contribution in [2.45, 2.75) is 24.9 Å². The van der Waals surface area contributed by atoms with Gasteiger partial charge >= 0.3 is 16.4 Å². The molecule has 4 rings (SSSR count). The van der Waals surface area contributed by atoms with Crippen LogP contribution in [-0.4, -0.2) is 85.7 Å². The highest BCUT2D eigenvalue weighted by molar-refractivity contribution is 7.80. The summed E-state index contributed by atoms with van der Waals surface area (Å²) in [5.74, 6) is -1.15. The van der Waals surface area contributed by atoms with Crippen LogP contribution in [0.3, 0.4) is 0 Å². The molecule has 14 heteroatoms. The Morgan fingerprint density at radius 1 is 1.29 bits per heavy atom. The van der Waals surface area contributed by atoms with Crippen LogP contribution in [-0.2, 0) is 29.0 Å². The Labute approximate surface area is 160 Å². The van der Waals surface area contributed by atoms with Crippen molar-refractivity contribution >= 4 is 28.2 Å². The number of rotatable bonds is 4. The number of fused-ring (bicyclic) bond motifs is 3. The molecule has 3 atom stereocenters. The van der Waals surface area contributed by atoms with Crippen molar-refractivity contribution < 1.29 is 36.4 Å². The maximum atomic E-state index is 12.7. The van der Waals surface area contributed by atoms with Crippen molar-refractivity contribution in [2.75, 3.05) is 32.8 Å². The number of nitrogens with zero attached hydrogens (tertiary/aromatic N) is 2. The lowest BCUT2D eigenvalue weighted by molar-refractivity contribution is -0.193. The molecule has 0 saturated carbocycles. The van der Waals surface area contributed by atoms with Crippen molar-refractivity contribution in [3.8, 4) is 0 Å². The van der Waals surface area contributed by atoms with E-state index in [0.717, 1.165) is 11.4 Å². The van der Waals surface area contributed by atoms with Gasteiger partial charge in [-0.15, -0.1) is 4.28 Å². The van der Waals surface area contributed by atoms with Crippen molar-refractivity contribution in [1.29, 1.82) is 0 Å². The van der Waals surface area contributed by atoms with Crippen molar-refractivity contribution in [3.63, 3.8) is 0 Å². The molecule has 4 aliphatic heterocycles. The van der Waals surface area contributed by atoms with Crippen LogP contribution in [0.2, 0.25) is 0 Å². The summed E-state index contributed by atoms with van der Waals surface area (Å²) >= 11 is 0. The maximum absolute atomic E-state index is 12.7. The fourth-order valence-corrected chi connectivity index (χ4v) is 4.58. The van der Waals surface area contributed by atoms with E-state index in [0.29, 0.717) is 18.0 Å². The first kappa shape index (κ1) is 19.3. The smallest absolute Gasteiger partial charge is 0.380 e. The molecule has 4 N–H and O–H groups in total. The van der Waals surface area contributed by atoms with Crippen molar-refractivity contribution in [1.82, 2.24) is 26.1 Å². The molecule has 28 heavy (non-hydrogen) atoms. The van der Waals surface area contributed by atoms with Gasteiger partial charge in [-0.1, -0.05) is 0 Å². The number of urea groups is 1. The molecule has 13 nitrogen and oxygen atoms in total. The van der Waals surface area contributed by atoms with Crippen LogP contribution in [0.4, 0.5) is 4.79 Å². The third-order valence-electron chi connectivity index (χ3n) is 5.77. The van der Waals surface area contributed by atoms with Gasteiger partial charge in [-0.05, 0) is 19.4 Å². The topological polar surface area (TPSA) is 167 Å². The lowest BCUT2D eigenvalue weighted by atomic mass is 9.71. The molecular weight excluding hydrogens is 398 g/mol. The van der Waals surface area contributed by atoms with Gasteiger partial charge in [0.1, 0.15) is 6.04 Å². The molecule has 0 aromatic rings. The molecule has 1 spiro atoms. The molecule has 0 aromatic carbocycles. The van der Waals surface area contributed by atoms with E-state index in [1.54, 1.807) is 0 Å². The van der Waals surface area contributed by atoms with E-state index in [2.05, 4.69) is 20.5 Å². The monoisotopic (exact) mass is 419 g/mol. The maximum Gasteiger partial charge on any atom is 0.418 e. The average molecular weight is 419 g/mol. The number of hydroxylamine groups is 2. The molecule has 156 valence electrons. The number of amides is 4. The number of ether oxygens (including phenoxy) is 1. The lowest BCUT2D eigenvalue weighted by Crippen LogP contribution is -2.64. The van der Waals surface area contributed by atoms with Crippen LogP contribution in [0.5, 0.6) is 0 Å². The van der Waals surface area contributed by atoms with Crippen molar-refractivity contribution in [3.05, 3.63) is 0 Å². The zero-order valence-corrected chi connectivity index (χ0v) is 15.6. The van der Waals surface area contributed by atoms with Gasteiger partial charge in [0.15, 0.2) is 0 Å². The molecule has 4 saturated heterocycles. The largest absolute Gasteiger partial charge is 0.418 e. The van der Waals surface area contributed by atoms with Crippen LogP contribution in [0.15, 0.2) is 0 Å². The van der Waals surface area contributed by atoms with E-state index in [1.807, 2.05) is 0 Å². The van der Waals surface area contributed by atoms with Gasteiger partial charge in [0.25, 0.3) is 5.91 Å². The fourth-order valence-electron chi connectivity index (χ4n) is 4.21. The molecule has 0 aliphatic carbocycles. The zero-order chi connectivity index (χ0) is 20.1. The molecule has 4 heterocycles.